The first-order chi connectivity index (χ1) is 32.3. The summed E-state index contributed by atoms with van der Waals surface area (Å²) >= 11 is 0. The Morgan fingerprint density at radius 2 is 1.25 bits per heavy atom. The van der Waals surface area contributed by atoms with Crippen LogP contribution in [0.15, 0.2) is 128 Å². The molecule has 0 amide bonds. The normalized spacial score (nSPS) is 16.3. The van der Waals surface area contributed by atoms with Gasteiger partial charge in [-0.3, -0.25) is 4.98 Å². The average molecular weight is 1090 g/mol. The van der Waals surface area contributed by atoms with Crippen molar-refractivity contribution in [1.82, 2.24) is 14.4 Å². The molecule has 3 aliphatic rings. The maximum Gasteiger partial charge on any atom is 0.420 e. The van der Waals surface area contributed by atoms with Gasteiger partial charge in [0.15, 0.2) is 0 Å². The molecule has 10 rings (SSSR count). The zero-order valence-electron chi connectivity index (χ0n) is 43.4. The summed E-state index contributed by atoms with van der Waals surface area (Å²) < 4.78 is 2.30. The van der Waals surface area contributed by atoms with Crippen molar-refractivity contribution in [2.75, 3.05) is 21.5 Å². The molecule has 357 valence electrons. The van der Waals surface area contributed by atoms with E-state index in [1.54, 1.807) is 0 Å². The quantitative estimate of drug-likeness (QED) is 0.0904. The molecule has 4 heterocycles. The standard InChI is InChI=1S/C38H45BN3.C22H25BN3.Ir/c1-26(2)30-22-31-32(38(8,9)25-36(4,5)24-37(31,6)7)23-33(30)39-41(28-16-12-10-13-17-28)34-27(3)20-21-40-35(34)42(39)29-18-14-11-15-19-29;1-15(2)17-10-8-11-18(16(3)4)21(17)23-25(5)20-12-7-6-9-19(20)22-24-13-14-26(22)23;/h10-18,20-23,26H,24-25H2,1-9H3;6-8,10-16H,1-5H3;/q2*-1;. The minimum absolute atomic E-state index is 0. The molecule has 0 N–H and O–H groups in total. The smallest absolute Gasteiger partial charge is 0.420 e. The van der Waals surface area contributed by atoms with Gasteiger partial charge < -0.3 is 18.9 Å². The van der Waals surface area contributed by atoms with E-state index in [9.17, 15) is 0 Å². The second-order valence-electron chi connectivity index (χ2n) is 22.7. The third kappa shape index (κ3) is 9.04. The maximum atomic E-state index is 5.04. The molecule has 0 saturated heterocycles. The number of benzene rings is 5. The van der Waals surface area contributed by atoms with E-state index in [0.717, 1.165) is 35.0 Å². The number of imidazole rings is 1. The van der Waals surface area contributed by atoms with E-state index < -0.39 is 0 Å². The SMILES string of the molecule is CC(C)c1cccc(C(C)C)c1B1N(C)c2ccc[c-]c2-c2nccn21.Cc1ccnc2c1N(c1ccccc1)B(c1cc3c(cc1C(C)C)C(C)(C)CC(C)(C)CC3(C)C)N2c1[c-]cccc1.[Ir]. The van der Waals surface area contributed by atoms with E-state index in [0.29, 0.717) is 17.8 Å². The first kappa shape index (κ1) is 50.0. The molecule has 0 atom stereocenters. The van der Waals surface area contributed by atoms with Gasteiger partial charge in [-0.15, -0.1) is 30.3 Å². The monoisotopic (exact) mass is 1090 g/mol. The van der Waals surface area contributed by atoms with Gasteiger partial charge in [-0.05, 0) is 123 Å². The number of para-hydroxylation sites is 2. The van der Waals surface area contributed by atoms with Crippen LogP contribution in [0.2, 0.25) is 0 Å². The fourth-order valence-corrected chi connectivity index (χ4v) is 12.6. The van der Waals surface area contributed by atoms with Crippen molar-refractivity contribution in [2.24, 2.45) is 5.41 Å². The third-order valence-electron chi connectivity index (χ3n) is 14.9. The minimum atomic E-state index is -0.104. The fourth-order valence-electron chi connectivity index (χ4n) is 12.6. The molecule has 7 aromatic rings. The molecule has 6 nitrogen and oxygen atoms in total. The Morgan fingerprint density at radius 1 is 0.623 bits per heavy atom. The van der Waals surface area contributed by atoms with Gasteiger partial charge in [0.2, 0.25) is 0 Å². The average Bonchev–Trinajstić information content (AvgIpc) is 3.92. The van der Waals surface area contributed by atoms with Crippen LogP contribution in [0.4, 0.5) is 28.6 Å². The Kier molecular flexibility index (Phi) is 13.8. The zero-order valence-corrected chi connectivity index (χ0v) is 45.8. The van der Waals surface area contributed by atoms with Crippen LogP contribution in [-0.2, 0) is 30.9 Å². The summed E-state index contributed by atoms with van der Waals surface area (Å²) in [4.78, 5) is 17.0. The van der Waals surface area contributed by atoms with E-state index in [1.807, 2.05) is 30.6 Å². The van der Waals surface area contributed by atoms with Crippen molar-refractivity contribution in [3.8, 4) is 11.4 Å². The molecule has 5 aromatic carbocycles. The molecule has 2 aliphatic heterocycles. The molecule has 0 fully saturated rings. The largest absolute Gasteiger partial charge is 0.436 e. The minimum Gasteiger partial charge on any atom is -0.436 e. The summed E-state index contributed by atoms with van der Waals surface area (Å²) in [5.41, 5.74) is 17.2. The van der Waals surface area contributed by atoms with Gasteiger partial charge in [0.1, 0.15) is 5.82 Å². The Morgan fingerprint density at radius 3 is 1.87 bits per heavy atom. The number of aromatic nitrogens is 3. The molecule has 0 bridgehead atoms. The van der Waals surface area contributed by atoms with Crippen molar-refractivity contribution < 1.29 is 20.1 Å². The maximum absolute atomic E-state index is 5.04. The van der Waals surface area contributed by atoms with Gasteiger partial charge in [-0.1, -0.05) is 149 Å². The van der Waals surface area contributed by atoms with E-state index >= 15 is 0 Å². The molecule has 9 heteroatoms. The van der Waals surface area contributed by atoms with Crippen molar-refractivity contribution in [2.45, 2.75) is 131 Å². The van der Waals surface area contributed by atoms with Crippen LogP contribution in [0, 0.1) is 24.5 Å². The molecule has 69 heavy (non-hydrogen) atoms. The van der Waals surface area contributed by atoms with Crippen LogP contribution < -0.4 is 25.4 Å². The number of hydrogen-bond donors (Lipinski definition) is 0. The van der Waals surface area contributed by atoms with Gasteiger partial charge in [-0.2, -0.15) is 24.3 Å². The van der Waals surface area contributed by atoms with E-state index in [4.69, 9.17) is 4.98 Å². The van der Waals surface area contributed by atoms with Crippen LogP contribution in [0.5, 0.6) is 0 Å². The zero-order chi connectivity index (χ0) is 48.4. The summed E-state index contributed by atoms with van der Waals surface area (Å²) in [6, 6.07) is 46.4. The number of fused-ring (bicyclic) bond motifs is 5. The van der Waals surface area contributed by atoms with E-state index in [1.165, 1.54) is 62.1 Å². The van der Waals surface area contributed by atoms with Crippen molar-refractivity contribution in [3.05, 3.63) is 173 Å². The van der Waals surface area contributed by atoms with Gasteiger partial charge in [0.05, 0.1) is 5.69 Å². The van der Waals surface area contributed by atoms with Crippen molar-refractivity contribution in [1.29, 1.82) is 0 Å². The Bertz CT molecular complexity index is 2910. The van der Waals surface area contributed by atoms with Gasteiger partial charge in [-0.25, -0.2) is 4.98 Å². The molecular weight excluding hydrogens is 1020 g/mol. The van der Waals surface area contributed by atoms with E-state index in [2.05, 4.69) is 230 Å². The summed E-state index contributed by atoms with van der Waals surface area (Å²) in [5, 5.41) is 0. The molecule has 1 radical (unpaired) electrons. The predicted molar refractivity (Wildman–Crippen MR) is 290 cm³/mol. The van der Waals surface area contributed by atoms with Gasteiger partial charge in [0, 0.05) is 50.2 Å². The number of anilines is 5. The number of rotatable bonds is 7. The van der Waals surface area contributed by atoms with Crippen LogP contribution in [0.3, 0.4) is 0 Å². The third-order valence-corrected chi connectivity index (χ3v) is 14.9. The molecule has 0 spiro atoms. The second kappa shape index (κ2) is 19.1. The molecule has 0 saturated carbocycles. The number of aryl methyl sites for hydroxylation is 1. The molecule has 2 aromatic heterocycles. The van der Waals surface area contributed by atoms with Gasteiger partial charge >= 0.3 is 14.0 Å². The Labute approximate surface area is 428 Å². The Hall–Kier alpha value is -5.36. The molecular formula is C60H70B2IrN6-2. The molecule has 1 aliphatic carbocycles. The summed E-state index contributed by atoms with van der Waals surface area (Å²) in [6.07, 6.45) is 8.28. The number of pyridine rings is 1. The second-order valence-corrected chi connectivity index (χ2v) is 22.7. The fraction of sp³-hybridized carbons (Fsp3) is 0.367. The van der Waals surface area contributed by atoms with Crippen molar-refractivity contribution in [3.63, 3.8) is 0 Å². The summed E-state index contributed by atoms with van der Waals surface area (Å²) in [6.45, 7) is 30.8. The predicted octanol–water partition coefficient (Wildman–Crippen LogP) is 13.7. The number of hydrogen-bond acceptors (Lipinski definition) is 5. The summed E-state index contributed by atoms with van der Waals surface area (Å²) in [7, 11) is 2.18. The topological polar surface area (TPSA) is 40.4 Å². The molecule has 0 unspecified atom stereocenters. The van der Waals surface area contributed by atoms with Crippen LogP contribution in [-0.4, -0.2) is 35.5 Å². The first-order valence-corrected chi connectivity index (χ1v) is 25.0. The summed E-state index contributed by atoms with van der Waals surface area (Å²) in [5.74, 6) is 3.27. The number of nitrogens with zero attached hydrogens (tertiary/aromatic N) is 6. The van der Waals surface area contributed by atoms with Crippen LogP contribution in [0.25, 0.3) is 11.4 Å². The van der Waals surface area contributed by atoms with Crippen LogP contribution in [0.1, 0.15) is 147 Å². The van der Waals surface area contributed by atoms with Gasteiger partial charge in [0.25, 0.3) is 0 Å². The first-order valence-electron chi connectivity index (χ1n) is 25.0. The van der Waals surface area contributed by atoms with E-state index in [-0.39, 0.29) is 50.3 Å². The Balaban J connectivity index is 0.000000204. The van der Waals surface area contributed by atoms with Crippen molar-refractivity contribution >= 4 is 53.5 Å². The van der Waals surface area contributed by atoms with Crippen LogP contribution >= 0.6 is 0 Å².